The van der Waals surface area contributed by atoms with E-state index in [1.54, 1.807) is 28.4 Å². The summed E-state index contributed by atoms with van der Waals surface area (Å²) in [7, 11) is 0. The molecule has 0 atom stereocenters. The second-order valence-electron chi connectivity index (χ2n) is 5.20. The standard InChI is InChI=1S/C17H13FN4S2/c18-14-8-6-13(7-9-14)16-21-22-15(19-20-17(22)24-16)11-23-10-12-4-2-1-3-5-12/h1-9H,10-11H2. The Morgan fingerprint density at radius 3 is 2.54 bits per heavy atom. The van der Waals surface area contributed by atoms with E-state index in [4.69, 9.17) is 0 Å². The number of fused-ring (bicyclic) bond motifs is 1. The first-order chi connectivity index (χ1) is 11.8. The molecule has 2 aromatic carbocycles. The van der Waals surface area contributed by atoms with E-state index < -0.39 is 0 Å². The van der Waals surface area contributed by atoms with E-state index in [0.717, 1.165) is 32.9 Å². The highest BCUT2D eigenvalue weighted by atomic mass is 32.2. The molecule has 4 nitrogen and oxygen atoms in total. The number of halogens is 1. The summed E-state index contributed by atoms with van der Waals surface area (Å²) in [5.74, 6) is 2.24. The monoisotopic (exact) mass is 356 g/mol. The predicted molar refractivity (Wildman–Crippen MR) is 95.5 cm³/mol. The lowest BCUT2D eigenvalue weighted by Crippen LogP contribution is -1.94. The van der Waals surface area contributed by atoms with Crippen molar-refractivity contribution in [2.24, 2.45) is 0 Å². The third-order valence-electron chi connectivity index (χ3n) is 3.49. The highest BCUT2D eigenvalue weighted by molar-refractivity contribution is 7.97. The highest BCUT2D eigenvalue weighted by Crippen LogP contribution is 2.26. The molecule has 0 saturated carbocycles. The Morgan fingerprint density at radius 2 is 1.75 bits per heavy atom. The molecule has 0 aliphatic rings. The molecule has 4 rings (SSSR count). The molecule has 0 bridgehead atoms. The van der Waals surface area contributed by atoms with Crippen LogP contribution in [0.3, 0.4) is 0 Å². The molecule has 0 saturated heterocycles. The van der Waals surface area contributed by atoms with Gasteiger partial charge in [-0.3, -0.25) is 0 Å². The number of rotatable bonds is 5. The Balaban J connectivity index is 1.51. The van der Waals surface area contributed by atoms with E-state index in [1.165, 1.54) is 29.0 Å². The maximum absolute atomic E-state index is 13.0. The van der Waals surface area contributed by atoms with Gasteiger partial charge in [0.15, 0.2) is 5.82 Å². The molecule has 0 N–H and O–H groups in total. The van der Waals surface area contributed by atoms with Crippen LogP contribution in [0.4, 0.5) is 4.39 Å². The van der Waals surface area contributed by atoms with Gasteiger partial charge in [0, 0.05) is 11.3 Å². The number of nitrogens with zero attached hydrogens (tertiary/aromatic N) is 4. The van der Waals surface area contributed by atoms with Crippen LogP contribution < -0.4 is 0 Å². The summed E-state index contributed by atoms with van der Waals surface area (Å²) in [5.41, 5.74) is 2.17. The van der Waals surface area contributed by atoms with Gasteiger partial charge in [-0.15, -0.1) is 22.0 Å². The number of hydrogen-bond donors (Lipinski definition) is 0. The van der Waals surface area contributed by atoms with Crippen molar-refractivity contribution in [3.63, 3.8) is 0 Å². The van der Waals surface area contributed by atoms with Crippen molar-refractivity contribution >= 4 is 28.1 Å². The summed E-state index contributed by atoms with van der Waals surface area (Å²) in [6, 6.07) is 16.7. The summed E-state index contributed by atoms with van der Waals surface area (Å²) < 4.78 is 14.8. The van der Waals surface area contributed by atoms with Crippen molar-refractivity contribution in [3.8, 4) is 10.6 Å². The number of benzene rings is 2. The largest absolute Gasteiger partial charge is 0.235 e. The molecule has 0 aliphatic carbocycles. The van der Waals surface area contributed by atoms with Gasteiger partial charge in [0.05, 0.1) is 5.75 Å². The zero-order valence-electron chi connectivity index (χ0n) is 12.6. The Labute approximate surface area is 146 Å². The Morgan fingerprint density at radius 1 is 0.958 bits per heavy atom. The topological polar surface area (TPSA) is 43.1 Å². The molecule has 24 heavy (non-hydrogen) atoms. The first-order valence-corrected chi connectivity index (χ1v) is 9.35. The van der Waals surface area contributed by atoms with Crippen LogP contribution in [0.1, 0.15) is 11.4 Å². The summed E-state index contributed by atoms with van der Waals surface area (Å²) in [6.45, 7) is 0. The fraction of sp³-hybridized carbons (Fsp3) is 0.118. The number of aromatic nitrogens is 4. The molecule has 4 aromatic rings. The lowest BCUT2D eigenvalue weighted by molar-refractivity contribution is 0.628. The molecule has 0 fully saturated rings. The van der Waals surface area contributed by atoms with Crippen molar-refractivity contribution in [1.82, 2.24) is 19.8 Å². The minimum absolute atomic E-state index is 0.250. The molecule has 0 amide bonds. The summed E-state index contributed by atoms with van der Waals surface area (Å²) in [5, 5.41) is 13.8. The van der Waals surface area contributed by atoms with Gasteiger partial charge in [0.2, 0.25) is 4.96 Å². The zero-order chi connectivity index (χ0) is 16.4. The van der Waals surface area contributed by atoms with Crippen LogP contribution in [0.15, 0.2) is 54.6 Å². The first-order valence-electron chi connectivity index (χ1n) is 7.38. The van der Waals surface area contributed by atoms with E-state index in [9.17, 15) is 4.39 Å². The number of thioether (sulfide) groups is 1. The van der Waals surface area contributed by atoms with E-state index in [2.05, 4.69) is 27.4 Å². The Bertz CT molecular complexity index is 948. The number of hydrogen-bond acceptors (Lipinski definition) is 5. The molecule has 120 valence electrons. The van der Waals surface area contributed by atoms with E-state index in [-0.39, 0.29) is 5.82 Å². The minimum atomic E-state index is -0.250. The van der Waals surface area contributed by atoms with Crippen LogP contribution in [0.2, 0.25) is 0 Å². The maximum Gasteiger partial charge on any atom is 0.235 e. The normalized spacial score (nSPS) is 11.2. The highest BCUT2D eigenvalue weighted by Gasteiger charge is 2.13. The molecule has 2 aromatic heterocycles. The second-order valence-corrected chi connectivity index (χ2v) is 7.14. The van der Waals surface area contributed by atoms with E-state index >= 15 is 0 Å². The minimum Gasteiger partial charge on any atom is -0.207 e. The Hall–Kier alpha value is -2.25. The second kappa shape index (κ2) is 6.70. The first kappa shape index (κ1) is 15.3. The van der Waals surface area contributed by atoms with Gasteiger partial charge in [-0.2, -0.15) is 9.61 Å². The van der Waals surface area contributed by atoms with Crippen LogP contribution in [-0.2, 0) is 11.5 Å². The summed E-state index contributed by atoms with van der Waals surface area (Å²) >= 11 is 3.23. The van der Waals surface area contributed by atoms with Gasteiger partial charge < -0.3 is 0 Å². The molecular formula is C17H13FN4S2. The van der Waals surface area contributed by atoms with Crippen LogP contribution in [0.5, 0.6) is 0 Å². The van der Waals surface area contributed by atoms with E-state index in [1.807, 2.05) is 18.2 Å². The van der Waals surface area contributed by atoms with Crippen LogP contribution in [0.25, 0.3) is 15.5 Å². The van der Waals surface area contributed by atoms with Crippen LogP contribution in [-0.4, -0.2) is 19.8 Å². The van der Waals surface area contributed by atoms with Crippen molar-refractivity contribution < 1.29 is 4.39 Å². The maximum atomic E-state index is 13.0. The molecular weight excluding hydrogens is 343 g/mol. The van der Waals surface area contributed by atoms with Gasteiger partial charge in [-0.25, -0.2) is 4.39 Å². The van der Waals surface area contributed by atoms with Crippen molar-refractivity contribution in [2.45, 2.75) is 11.5 Å². The van der Waals surface area contributed by atoms with Gasteiger partial charge in [-0.05, 0) is 29.8 Å². The summed E-state index contributed by atoms with van der Waals surface area (Å²) in [4.78, 5) is 0.754. The smallest absolute Gasteiger partial charge is 0.207 e. The summed E-state index contributed by atoms with van der Waals surface area (Å²) in [6.07, 6.45) is 0. The fourth-order valence-corrected chi connectivity index (χ4v) is 4.05. The fourth-order valence-electron chi connectivity index (χ4n) is 2.29. The van der Waals surface area contributed by atoms with Crippen molar-refractivity contribution in [2.75, 3.05) is 0 Å². The van der Waals surface area contributed by atoms with Crippen molar-refractivity contribution in [3.05, 3.63) is 71.8 Å². The van der Waals surface area contributed by atoms with Gasteiger partial charge >= 0.3 is 0 Å². The quantitative estimate of drug-likeness (QED) is 0.531. The van der Waals surface area contributed by atoms with Crippen LogP contribution >= 0.6 is 23.1 Å². The molecule has 0 spiro atoms. The Kier molecular flexibility index (Phi) is 4.27. The molecule has 2 heterocycles. The molecule has 7 heteroatoms. The van der Waals surface area contributed by atoms with Gasteiger partial charge in [-0.1, -0.05) is 41.7 Å². The zero-order valence-corrected chi connectivity index (χ0v) is 14.2. The average molecular weight is 356 g/mol. The molecule has 0 radical (unpaired) electrons. The van der Waals surface area contributed by atoms with Gasteiger partial charge in [0.25, 0.3) is 0 Å². The lowest BCUT2D eigenvalue weighted by atomic mass is 10.2. The van der Waals surface area contributed by atoms with Crippen molar-refractivity contribution in [1.29, 1.82) is 0 Å². The van der Waals surface area contributed by atoms with Crippen LogP contribution in [0, 0.1) is 5.82 Å². The predicted octanol–water partition coefficient (Wildman–Crippen LogP) is 4.43. The third-order valence-corrected chi connectivity index (χ3v) is 5.44. The SMILES string of the molecule is Fc1ccc(-c2nn3c(CSCc4ccccc4)nnc3s2)cc1. The average Bonchev–Trinajstić information content (AvgIpc) is 3.18. The van der Waals surface area contributed by atoms with E-state index in [0.29, 0.717) is 0 Å². The molecule has 0 unspecified atom stereocenters. The molecule has 0 aliphatic heterocycles. The van der Waals surface area contributed by atoms with Gasteiger partial charge in [0.1, 0.15) is 10.8 Å². The lowest BCUT2D eigenvalue weighted by Gasteiger charge is -2.00. The third kappa shape index (κ3) is 3.18.